The van der Waals surface area contributed by atoms with Crippen LogP contribution in [0.3, 0.4) is 0 Å². The summed E-state index contributed by atoms with van der Waals surface area (Å²) in [5, 5.41) is 0. The van der Waals surface area contributed by atoms with Crippen LogP contribution < -0.4 is 10.3 Å². The Labute approximate surface area is 180 Å². The number of ether oxygens (including phenoxy) is 1. The average molecular weight is 419 g/mol. The number of carbonyl (C=O) groups is 1. The third-order valence-electron chi connectivity index (χ3n) is 5.35. The third kappa shape index (κ3) is 4.79. The summed E-state index contributed by atoms with van der Waals surface area (Å²) in [5.41, 5.74) is 3.82. The van der Waals surface area contributed by atoms with Crippen LogP contribution in [0.1, 0.15) is 35.2 Å². The number of nitrogens with zero attached hydrogens (tertiary/aromatic N) is 4. The molecule has 8 heteroatoms. The number of carbonyl (C=O) groups excluding carboxylic acids is 1. The molecule has 8 nitrogen and oxygen atoms in total. The minimum atomic E-state index is -0.235. The first-order chi connectivity index (χ1) is 15.0. The predicted molar refractivity (Wildman–Crippen MR) is 116 cm³/mol. The molecule has 0 radical (unpaired) electrons. The second kappa shape index (κ2) is 9.07. The second-order valence-electron chi connectivity index (χ2n) is 7.72. The van der Waals surface area contributed by atoms with Gasteiger partial charge in [-0.2, -0.15) is 0 Å². The van der Waals surface area contributed by atoms with Crippen molar-refractivity contribution in [1.29, 1.82) is 0 Å². The van der Waals surface area contributed by atoms with Gasteiger partial charge >= 0.3 is 0 Å². The van der Waals surface area contributed by atoms with Crippen molar-refractivity contribution in [3.8, 4) is 17.3 Å². The lowest BCUT2D eigenvalue weighted by atomic mass is 10.1. The van der Waals surface area contributed by atoms with Crippen molar-refractivity contribution < 1.29 is 9.53 Å². The first-order valence-corrected chi connectivity index (χ1v) is 10.4. The van der Waals surface area contributed by atoms with Gasteiger partial charge in [0, 0.05) is 31.8 Å². The van der Waals surface area contributed by atoms with Gasteiger partial charge in [0.2, 0.25) is 5.91 Å². The number of rotatable bonds is 6. The molecule has 0 fully saturated rings. The van der Waals surface area contributed by atoms with Crippen LogP contribution in [0.5, 0.6) is 5.75 Å². The number of amides is 1. The molecule has 4 rings (SSSR count). The van der Waals surface area contributed by atoms with Crippen LogP contribution >= 0.6 is 0 Å². The average Bonchev–Trinajstić information content (AvgIpc) is 2.78. The molecule has 0 atom stereocenters. The molecule has 3 aromatic rings. The Balaban J connectivity index is 1.34. The highest BCUT2D eigenvalue weighted by Gasteiger charge is 2.24. The summed E-state index contributed by atoms with van der Waals surface area (Å²) in [6.45, 7) is 5.35. The fourth-order valence-corrected chi connectivity index (χ4v) is 3.71. The number of nitrogens with one attached hydrogen (secondary N) is 1. The summed E-state index contributed by atoms with van der Waals surface area (Å²) < 4.78 is 5.81. The van der Waals surface area contributed by atoms with E-state index in [9.17, 15) is 9.59 Å². The van der Waals surface area contributed by atoms with Crippen LogP contribution in [0.25, 0.3) is 11.5 Å². The number of hydrogen-bond acceptors (Lipinski definition) is 6. The van der Waals surface area contributed by atoms with Gasteiger partial charge in [0.05, 0.1) is 30.6 Å². The molecule has 2 aromatic heterocycles. The lowest BCUT2D eigenvalue weighted by Crippen LogP contribution is -2.39. The molecule has 0 unspecified atom stereocenters. The minimum absolute atomic E-state index is 0.0206. The Morgan fingerprint density at radius 2 is 2.13 bits per heavy atom. The van der Waals surface area contributed by atoms with Crippen molar-refractivity contribution in [2.24, 2.45) is 0 Å². The topological polar surface area (TPSA) is 101 Å². The Kier molecular flexibility index (Phi) is 6.06. The highest BCUT2D eigenvalue weighted by Crippen LogP contribution is 2.20. The predicted octanol–water partition coefficient (Wildman–Crippen LogP) is 2.59. The van der Waals surface area contributed by atoms with E-state index in [-0.39, 0.29) is 18.0 Å². The Hall–Kier alpha value is -3.55. The highest BCUT2D eigenvalue weighted by molar-refractivity contribution is 5.76. The Morgan fingerprint density at radius 1 is 1.26 bits per heavy atom. The largest absolute Gasteiger partial charge is 0.493 e. The number of benzene rings is 1. The summed E-state index contributed by atoms with van der Waals surface area (Å²) >= 11 is 0. The molecule has 0 bridgehead atoms. The Bertz CT molecular complexity index is 1140. The fraction of sp³-hybridized carbons (Fsp3) is 0.348. The zero-order valence-electron chi connectivity index (χ0n) is 17.7. The zero-order valence-corrected chi connectivity index (χ0v) is 17.7. The van der Waals surface area contributed by atoms with Gasteiger partial charge in [-0.05, 0) is 31.9 Å². The van der Waals surface area contributed by atoms with E-state index in [4.69, 9.17) is 4.74 Å². The first-order valence-electron chi connectivity index (χ1n) is 10.4. The number of aryl methyl sites for hydroxylation is 2. The summed E-state index contributed by atoms with van der Waals surface area (Å²) in [5.74, 6) is 1.27. The molecule has 1 amide bonds. The van der Waals surface area contributed by atoms with Gasteiger partial charge < -0.3 is 14.6 Å². The lowest BCUT2D eigenvalue weighted by molar-refractivity contribution is -0.132. The molecular formula is C23H25N5O3. The molecule has 1 aliphatic rings. The van der Waals surface area contributed by atoms with Crippen LogP contribution in [0.15, 0.2) is 41.6 Å². The maximum Gasteiger partial charge on any atom is 0.256 e. The van der Waals surface area contributed by atoms with Crippen LogP contribution in [0.4, 0.5) is 0 Å². The number of fused-ring (bicyclic) bond motifs is 1. The van der Waals surface area contributed by atoms with Crippen LogP contribution in [-0.4, -0.2) is 43.9 Å². The smallest absolute Gasteiger partial charge is 0.256 e. The molecular weight excluding hydrogens is 394 g/mol. The van der Waals surface area contributed by atoms with E-state index in [1.54, 1.807) is 23.5 Å². The molecule has 0 saturated heterocycles. The number of aromatic nitrogens is 4. The normalized spacial score (nSPS) is 13.0. The zero-order chi connectivity index (χ0) is 21.8. The fourth-order valence-electron chi connectivity index (χ4n) is 3.71. The highest BCUT2D eigenvalue weighted by atomic mass is 16.5. The number of H-pyrrole nitrogens is 1. The van der Waals surface area contributed by atoms with Crippen LogP contribution in [0.2, 0.25) is 0 Å². The van der Waals surface area contributed by atoms with Gasteiger partial charge in [-0.25, -0.2) is 9.97 Å². The van der Waals surface area contributed by atoms with Gasteiger partial charge in [-0.15, -0.1) is 0 Å². The summed E-state index contributed by atoms with van der Waals surface area (Å²) in [7, 11) is 0. The summed E-state index contributed by atoms with van der Waals surface area (Å²) in [4.78, 5) is 42.5. The number of hydrogen-bond donors (Lipinski definition) is 1. The molecule has 1 aliphatic heterocycles. The monoisotopic (exact) mass is 419 g/mol. The van der Waals surface area contributed by atoms with Crippen molar-refractivity contribution in [1.82, 2.24) is 24.8 Å². The molecule has 3 heterocycles. The second-order valence-corrected chi connectivity index (χ2v) is 7.72. The molecule has 160 valence electrons. The van der Waals surface area contributed by atoms with Gasteiger partial charge in [-0.3, -0.25) is 14.6 Å². The van der Waals surface area contributed by atoms with Crippen molar-refractivity contribution in [3.63, 3.8) is 0 Å². The van der Waals surface area contributed by atoms with E-state index in [1.165, 1.54) is 5.56 Å². The van der Waals surface area contributed by atoms with E-state index in [0.717, 1.165) is 11.3 Å². The Morgan fingerprint density at radius 3 is 2.90 bits per heavy atom. The van der Waals surface area contributed by atoms with Gasteiger partial charge in [-0.1, -0.05) is 17.7 Å². The van der Waals surface area contributed by atoms with Gasteiger partial charge in [0.25, 0.3) is 5.56 Å². The van der Waals surface area contributed by atoms with Crippen LogP contribution in [0, 0.1) is 13.8 Å². The SMILES string of the molecule is Cc1ccc(OCCCC(=O)N2CCc3nc(-c4cnccn4)[nH]c(=O)c3C2)c(C)c1. The first kappa shape index (κ1) is 20.7. The quantitative estimate of drug-likeness (QED) is 0.617. The standard InChI is InChI=1S/C23H25N5O3/c1-15-5-6-20(16(2)12-15)31-11-3-4-21(29)28-10-7-18-17(14-28)23(30)27-22(26-18)19-13-24-8-9-25-19/h5-6,8-9,12-13H,3-4,7,10-11,14H2,1-2H3,(H,26,27,30). The van der Waals surface area contributed by atoms with E-state index in [2.05, 4.69) is 26.0 Å². The maximum atomic E-state index is 12.6. The van der Waals surface area contributed by atoms with Crippen molar-refractivity contribution in [3.05, 3.63) is 69.5 Å². The van der Waals surface area contributed by atoms with E-state index in [1.807, 2.05) is 26.0 Å². The van der Waals surface area contributed by atoms with Crippen LogP contribution in [-0.2, 0) is 17.8 Å². The van der Waals surface area contributed by atoms with Crippen molar-refractivity contribution in [2.45, 2.75) is 39.7 Å². The molecule has 0 saturated carbocycles. The van der Waals surface area contributed by atoms with Gasteiger partial charge in [0.15, 0.2) is 5.82 Å². The van der Waals surface area contributed by atoms with E-state index in [0.29, 0.717) is 55.2 Å². The summed E-state index contributed by atoms with van der Waals surface area (Å²) in [6, 6.07) is 6.05. The molecule has 31 heavy (non-hydrogen) atoms. The molecule has 1 aromatic carbocycles. The number of aromatic amines is 1. The minimum Gasteiger partial charge on any atom is -0.493 e. The van der Waals surface area contributed by atoms with E-state index >= 15 is 0 Å². The van der Waals surface area contributed by atoms with Gasteiger partial charge in [0.1, 0.15) is 11.4 Å². The van der Waals surface area contributed by atoms with Crippen molar-refractivity contribution >= 4 is 5.91 Å². The summed E-state index contributed by atoms with van der Waals surface area (Å²) in [6.07, 6.45) is 6.22. The maximum absolute atomic E-state index is 12.6. The van der Waals surface area contributed by atoms with Crippen molar-refractivity contribution in [2.75, 3.05) is 13.2 Å². The molecule has 1 N–H and O–H groups in total. The third-order valence-corrected chi connectivity index (χ3v) is 5.35. The lowest BCUT2D eigenvalue weighted by Gasteiger charge is -2.28. The molecule has 0 spiro atoms. The molecule has 0 aliphatic carbocycles. The van der Waals surface area contributed by atoms with E-state index < -0.39 is 0 Å².